The van der Waals surface area contributed by atoms with Gasteiger partial charge < -0.3 is 0 Å². The van der Waals surface area contributed by atoms with Gasteiger partial charge in [0, 0.05) is 5.56 Å². The highest BCUT2D eigenvalue weighted by molar-refractivity contribution is 5.38. The average Bonchev–Trinajstić information content (AvgIpc) is 2.45. The Labute approximate surface area is 131 Å². The highest BCUT2D eigenvalue weighted by Gasteiger charge is 2.81. The number of aryl methyl sites for hydroxylation is 1. The zero-order chi connectivity index (χ0) is 18.8. The predicted molar refractivity (Wildman–Crippen MR) is 68.2 cm³/mol. The molecule has 0 radical (unpaired) electrons. The van der Waals surface area contributed by atoms with Gasteiger partial charge in [0.2, 0.25) is 0 Å². The van der Waals surface area contributed by atoms with Crippen molar-refractivity contribution in [3.05, 3.63) is 35.4 Å². The van der Waals surface area contributed by atoms with Gasteiger partial charge in [-0.1, -0.05) is 31.4 Å². The first-order valence-corrected chi connectivity index (χ1v) is 6.58. The summed E-state index contributed by atoms with van der Waals surface area (Å²) in [4.78, 5) is 0. The van der Waals surface area contributed by atoms with E-state index in [1.54, 1.807) is 0 Å². The molecule has 0 aromatic heterocycles. The Hall–Kier alpha value is -1.85. The Bertz CT molecular complexity index is 615. The standard InChI is InChI=1S/C15H11F9/c1-2-3-10-4-6-11(7-5-10)8-9-12(16,17)13(18,19)14(20,21)15(22,23)24/h4-7H,2-3H2,1H3. The summed E-state index contributed by atoms with van der Waals surface area (Å²) in [5, 5.41) is 0. The van der Waals surface area contributed by atoms with Crippen molar-refractivity contribution < 1.29 is 39.5 Å². The van der Waals surface area contributed by atoms with Gasteiger partial charge in [0.15, 0.2) is 0 Å². The maximum atomic E-state index is 13.2. The van der Waals surface area contributed by atoms with Gasteiger partial charge in [-0.2, -0.15) is 39.5 Å². The summed E-state index contributed by atoms with van der Waals surface area (Å²) in [6, 6.07) is 5.25. The number of hydrogen-bond donors (Lipinski definition) is 0. The summed E-state index contributed by atoms with van der Waals surface area (Å²) in [6.07, 6.45) is -5.41. The number of benzene rings is 1. The van der Waals surface area contributed by atoms with Gasteiger partial charge in [0.25, 0.3) is 0 Å². The van der Waals surface area contributed by atoms with Gasteiger partial charge in [-0.25, -0.2) is 0 Å². The minimum Gasteiger partial charge on any atom is -0.191 e. The Kier molecular flexibility index (Phi) is 5.53. The molecule has 0 aliphatic carbocycles. The van der Waals surface area contributed by atoms with Gasteiger partial charge in [0.1, 0.15) is 0 Å². The third kappa shape index (κ3) is 3.79. The van der Waals surface area contributed by atoms with Crippen molar-refractivity contribution in [3.8, 4) is 11.8 Å². The topological polar surface area (TPSA) is 0 Å². The van der Waals surface area contributed by atoms with Gasteiger partial charge in [-0.15, -0.1) is 0 Å². The van der Waals surface area contributed by atoms with Crippen LogP contribution in [0.1, 0.15) is 24.5 Å². The summed E-state index contributed by atoms with van der Waals surface area (Å²) in [7, 11) is 0. The SMILES string of the molecule is CCCc1ccc(C#CC(F)(F)C(F)(F)C(F)(F)C(F)(F)F)cc1. The van der Waals surface area contributed by atoms with Crippen LogP contribution in [-0.2, 0) is 6.42 Å². The molecule has 0 heterocycles. The molecule has 0 spiro atoms. The van der Waals surface area contributed by atoms with Crippen molar-refractivity contribution in [2.75, 3.05) is 0 Å². The van der Waals surface area contributed by atoms with Crippen LogP contribution in [0.3, 0.4) is 0 Å². The molecule has 0 saturated heterocycles. The van der Waals surface area contributed by atoms with E-state index >= 15 is 0 Å². The quantitative estimate of drug-likeness (QED) is 0.493. The van der Waals surface area contributed by atoms with Gasteiger partial charge in [0.05, 0.1) is 0 Å². The minimum atomic E-state index is -6.93. The Morgan fingerprint density at radius 2 is 1.29 bits per heavy atom. The van der Waals surface area contributed by atoms with Crippen molar-refractivity contribution >= 4 is 0 Å². The first-order chi connectivity index (χ1) is 10.8. The summed E-state index contributed by atoms with van der Waals surface area (Å²) in [6.45, 7) is 1.87. The van der Waals surface area contributed by atoms with Crippen molar-refractivity contribution in [1.29, 1.82) is 0 Å². The number of alkyl halides is 9. The summed E-state index contributed by atoms with van der Waals surface area (Å²) >= 11 is 0. The van der Waals surface area contributed by atoms with Crippen LogP contribution in [0.15, 0.2) is 24.3 Å². The molecule has 0 amide bonds. The van der Waals surface area contributed by atoms with Crippen LogP contribution in [0, 0.1) is 11.8 Å². The second kappa shape index (κ2) is 6.57. The van der Waals surface area contributed by atoms with Gasteiger partial charge in [-0.05, 0) is 30.0 Å². The first-order valence-electron chi connectivity index (χ1n) is 6.58. The van der Waals surface area contributed by atoms with Crippen LogP contribution in [-0.4, -0.2) is 23.9 Å². The molecular weight excluding hydrogens is 351 g/mol. The van der Waals surface area contributed by atoms with E-state index < -0.39 is 23.9 Å². The molecule has 24 heavy (non-hydrogen) atoms. The number of halogens is 9. The maximum absolute atomic E-state index is 13.2. The molecule has 0 atom stereocenters. The molecule has 0 bridgehead atoms. The normalized spacial score (nSPS) is 13.4. The monoisotopic (exact) mass is 362 g/mol. The van der Waals surface area contributed by atoms with E-state index in [-0.39, 0.29) is 5.56 Å². The lowest BCUT2D eigenvalue weighted by atomic mass is 10.0. The van der Waals surface area contributed by atoms with Gasteiger partial charge >= 0.3 is 23.9 Å². The summed E-state index contributed by atoms with van der Waals surface area (Å²) < 4.78 is 114. The Morgan fingerprint density at radius 3 is 1.71 bits per heavy atom. The van der Waals surface area contributed by atoms with E-state index in [2.05, 4.69) is 0 Å². The van der Waals surface area contributed by atoms with Crippen LogP contribution in [0.2, 0.25) is 0 Å². The highest BCUT2D eigenvalue weighted by atomic mass is 19.4. The summed E-state index contributed by atoms with van der Waals surface area (Å²) in [5.74, 6) is -17.5. The van der Waals surface area contributed by atoms with E-state index in [1.807, 2.05) is 6.92 Å². The number of hydrogen-bond acceptors (Lipinski definition) is 0. The first kappa shape index (κ1) is 20.2. The molecule has 9 heteroatoms. The second-order valence-electron chi connectivity index (χ2n) is 4.92. The molecule has 0 aliphatic rings. The zero-order valence-corrected chi connectivity index (χ0v) is 12.1. The van der Waals surface area contributed by atoms with Crippen LogP contribution in [0.4, 0.5) is 39.5 Å². The number of rotatable bonds is 4. The maximum Gasteiger partial charge on any atom is 0.460 e. The third-order valence-electron chi connectivity index (χ3n) is 3.00. The highest BCUT2D eigenvalue weighted by Crippen LogP contribution is 2.52. The Morgan fingerprint density at radius 1 is 0.792 bits per heavy atom. The minimum absolute atomic E-state index is 0.222. The molecule has 134 valence electrons. The van der Waals surface area contributed by atoms with Crippen LogP contribution >= 0.6 is 0 Å². The lowest BCUT2D eigenvalue weighted by Crippen LogP contribution is -2.60. The van der Waals surface area contributed by atoms with Crippen LogP contribution in [0.25, 0.3) is 0 Å². The zero-order valence-electron chi connectivity index (χ0n) is 12.1. The van der Waals surface area contributed by atoms with Crippen molar-refractivity contribution in [2.24, 2.45) is 0 Å². The fraction of sp³-hybridized carbons (Fsp3) is 0.467. The van der Waals surface area contributed by atoms with Gasteiger partial charge in [-0.3, -0.25) is 0 Å². The molecule has 0 nitrogen and oxygen atoms in total. The lowest BCUT2D eigenvalue weighted by molar-refractivity contribution is -0.386. The molecular formula is C15H11F9. The molecule has 0 saturated carbocycles. The predicted octanol–water partition coefficient (Wildman–Crippen LogP) is 5.46. The average molecular weight is 362 g/mol. The molecule has 1 aromatic rings. The summed E-state index contributed by atoms with van der Waals surface area (Å²) in [5.41, 5.74) is 0.574. The molecule has 0 N–H and O–H groups in total. The molecule has 0 unspecified atom stereocenters. The van der Waals surface area contributed by atoms with E-state index in [0.29, 0.717) is 12.3 Å². The molecule has 1 rings (SSSR count). The van der Waals surface area contributed by atoms with Crippen molar-refractivity contribution in [2.45, 2.75) is 43.7 Å². The molecule has 1 aromatic carbocycles. The second-order valence-corrected chi connectivity index (χ2v) is 4.92. The van der Waals surface area contributed by atoms with E-state index in [1.165, 1.54) is 30.2 Å². The smallest absolute Gasteiger partial charge is 0.191 e. The van der Waals surface area contributed by atoms with E-state index in [0.717, 1.165) is 12.0 Å². The fourth-order valence-electron chi connectivity index (χ4n) is 1.65. The Balaban J connectivity index is 3.13. The lowest BCUT2D eigenvalue weighted by Gasteiger charge is -2.31. The molecule has 0 fully saturated rings. The van der Waals surface area contributed by atoms with E-state index in [4.69, 9.17) is 0 Å². The largest absolute Gasteiger partial charge is 0.460 e. The van der Waals surface area contributed by atoms with Crippen molar-refractivity contribution in [3.63, 3.8) is 0 Å². The molecule has 0 aliphatic heterocycles. The third-order valence-corrected chi connectivity index (χ3v) is 3.00. The fourth-order valence-corrected chi connectivity index (χ4v) is 1.65. The van der Waals surface area contributed by atoms with Crippen LogP contribution < -0.4 is 0 Å². The van der Waals surface area contributed by atoms with E-state index in [9.17, 15) is 39.5 Å². The van der Waals surface area contributed by atoms with Crippen molar-refractivity contribution in [1.82, 2.24) is 0 Å². The van der Waals surface area contributed by atoms with Crippen LogP contribution in [0.5, 0.6) is 0 Å².